The smallest absolute Gasteiger partial charge is 0.409 e. The van der Waals surface area contributed by atoms with Gasteiger partial charge in [0.2, 0.25) is 29.3 Å². The van der Waals surface area contributed by atoms with Crippen molar-refractivity contribution in [2.75, 3.05) is 78.7 Å². The first-order valence-electron chi connectivity index (χ1n) is 29.4. The van der Waals surface area contributed by atoms with Gasteiger partial charge in [-0.2, -0.15) is 0 Å². The van der Waals surface area contributed by atoms with Crippen LogP contribution in [0.4, 0.5) is 4.79 Å². The number of carboxylic acids is 2. The third-order valence-corrected chi connectivity index (χ3v) is 14.6. The lowest BCUT2D eigenvalue weighted by molar-refractivity contribution is -0.150. The van der Waals surface area contributed by atoms with Crippen LogP contribution in [0, 0.1) is 0 Å². The topological polar surface area (TPSA) is 302 Å². The number of alkyl carbamates (subject to hydrolysis) is 1. The van der Waals surface area contributed by atoms with Gasteiger partial charge in [-0.25, -0.2) is 9.59 Å². The molecule has 466 valence electrons. The van der Waals surface area contributed by atoms with E-state index in [9.17, 15) is 43.2 Å². The number of benzene rings is 1. The monoisotopic (exact) mass is 1170 g/mol. The summed E-state index contributed by atoms with van der Waals surface area (Å²) in [6.07, 6.45) is 17.6. The zero-order valence-electron chi connectivity index (χ0n) is 49.8. The summed E-state index contributed by atoms with van der Waals surface area (Å²) in [5.41, 5.74) is -2.71. The number of ether oxygens (including phenoxy) is 5. The molecule has 0 aliphatic heterocycles. The number of carbonyl (C=O) groups is 7. The van der Waals surface area contributed by atoms with Gasteiger partial charge in [0.1, 0.15) is 19.8 Å². The number of aliphatic carboxylic acids is 2. The van der Waals surface area contributed by atoms with Crippen molar-refractivity contribution in [3.8, 4) is 0 Å². The maximum absolute atomic E-state index is 13.4. The molecular formula is C58H102N5O17P. The Morgan fingerprint density at radius 3 is 1.38 bits per heavy atom. The average Bonchev–Trinajstić information content (AvgIpc) is 3.41. The maximum Gasteiger partial charge on any atom is 0.409 e. The lowest BCUT2D eigenvalue weighted by Crippen LogP contribution is -2.66. The minimum atomic E-state index is -3.17. The molecule has 1 aromatic rings. The molecule has 1 atom stereocenters. The molecule has 0 aromatic heterocycles. The maximum atomic E-state index is 13.4. The van der Waals surface area contributed by atoms with Gasteiger partial charge >= 0.3 is 25.6 Å². The summed E-state index contributed by atoms with van der Waals surface area (Å²) in [4.78, 5) is 86.1. The van der Waals surface area contributed by atoms with E-state index >= 15 is 0 Å². The Morgan fingerprint density at radius 2 is 0.901 bits per heavy atom. The van der Waals surface area contributed by atoms with E-state index in [1.54, 1.807) is 30.3 Å². The highest BCUT2D eigenvalue weighted by Crippen LogP contribution is 2.55. The van der Waals surface area contributed by atoms with E-state index in [2.05, 4.69) is 26.6 Å². The Labute approximate surface area is 482 Å². The van der Waals surface area contributed by atoms with E-state index < -0.39 is 60.7 Å². The lowest BCUT2D eigenvalue weighted by atomic mass is 10.0. The van der Waals surface area contributed by atoms with Crippen LogP contribution in [0.25, 0.3) is 0 Å². The van der Waals surface area contributed by atoms with Gasteiger partial charge in [-0.1, -0.05) is 127 Å². The standard InChI is InChI=1S/C58H102N5O17P/c1-56(2,3)79-81(73,80-57(4,5)6)44-28-20-18-16-14-12-10-8-7-9-11-13-15-17-19-25-31-50(65)62-58(54(70)71,63-55(72)78-45-48-29-23-21-24-30-48)34-33-49(64)60-36-38-74-40-43-77-47-52(67)61-37-39-75-41-42-76-46-51(66)59-35-27-22-26-32-53(68)69/h21,23-24,29-30H,7-20,22,25-28,31-47H2,1-6H3,(H,59,66)(H,60,64)(H,61,67)(H,62,65)(H,63,72)(H,68,69)(H,70,71). The van der Waals surface area contributed by atoms with Crippen molar-refractivity contribution in [2.45, 2.75) is 213 Å². The van der Waals surface area contributed by atoms with Crippen LogP contribution < -0.4 is 26.6 Å². The molecule has 0 aliphatic rings. The molecule has 22 nitrogen and oxygen atoms in total. The SMILES string of the molecule is CC(C)(C)OP(=O)(CCCCCCCCCCCCCCCCCCC(=O)NC(CCC(=O)NCCOCCOCC(=O)NCCOCCOCC(=O)NCCCCCC(=O)O)(NC(=O)OCc1ccccc1)C(=O)O)OC(C)(C)C. The van der Waals surface area contributed by atoms with Crippen LogP contribution >= 0.6 is 7.60 Å². The molecule has 1 unspecified atom stereocenters. The van der Waals surface area contributed by atoms with Gasteiger partial charge in [0.05, 0.1) is 57.0 Å². The predicted molar refractivity (Wildman–Crippen MR) is 309 cm³/mol. The average molecular weight is 1170 g/mol. The fourth-order valence-corrected chi connectivity index (χ4v) is 10.7. The van der Waals surface area contributed by atoms with Crippen molar-refractivity contribution in [3.63, 3.8) is 0 Å². The van der Waals surface area contributed by atoms with Crippen LogP contribution in [0.3, 0.4) is 0 Å². The Morgan fingerprint density at radius 1 is 0.469 bits per heavy atom. The van der Waals surface area contributed by atoms with Crippen molar-refractivity contribution >= 4 is 49.3 Å². The van der Waals surface area contributed by atoms with E-state index in [0.717, 1.165) is 51.4 Å². The number of amides is 5. The number of nitrogens with one attached hydrogen (secondary N) is 5. The second-order valence-corrected chi connectivity index (χ2v) is 24.2. The highest BCUT2D eigenvalue weighted by Gasteiger charge is 2.42. The fourth-order valence-electron chi connectivity index (χ4n) is 8.21. The summed E-state index contributed by atoms with van der Waals surface area (Å²) in [6, 6.07) is 8.80. The third-order valence-electron chi connectivity index (χ3n) is 12.1. The van der Waals surface area contributed by atoms with Crippen molar-refractivity contribution in [1.29, 1.82) is 0 Å². The molecule has 0 fully saturated rings. The molecule has 0 bridgehead atoms. The molecule has 0 saturated heterocycles. The molecule has 0 spiro atoms. The zero-order valence-corrected chi connectivity index (χ0v) is 50.7. The van der Waals surface area contributed by atoms with E-state index in [-0.39, 0.29) is 104 Å². The molecule has 1 rings (SSSR count). The minimum Gasteiger partial charge on any atom is -0.481 e. The summed E-state index contributed by atoms with van der Waals surface area (Å²) in [5, 5.41) is 31.8. The van der Waals surface area contributed by atoms with Gasteiger partial charge < -0.3 is 64.2 Å². The van der Waals surface area contributed by atoms with Crippen LogP contribution in [0.2, 0.25) is 0 Å². The lowest BCUT2D eigenvalue weighted by Gasteiger charge is -2.32. The van der Waals surface area contributed by atoms with E-state index in [4.69, 9.17) is 37.8 Å². The van der Waals surface area contributed by atoms with Gasteiger partial charge in [-0.3, -0.25) is 33.9 Å². The molecule has 0 saturated carbocycles. The number of rotatable bonds is 51. The number of unbranched alkanes of at least 4 members (excludes halogenated alkanes) is 17. The summed E-state index contributed by atoms with van der Waals surface area (Å²) >= 11 is 0. The molecule has 0 heterocycles. The summed E-state index contributed by atoms with van der Waals surface area (Å²) in [7, 11) is -3.17. The first-order valence-corrected chi connectivity index (χ1v) is 31.1. The molecule has 5 amide bonds. The second kappa shape index (κ2) is 44.8. The van der Waals surface area contributed by atoms with Crippen LogP contribution in [0.1, 0.15) is 195 Å². The van der Waals surface area contributed by atoms with E-state index in [1.807, 2.05) is 41.5 Å². The van der Waals surface area contributed by atoms with Crippen molar-refractivity contribution < 1.29 is 81.1 Å². The molecule has 23 heteroatoms. The number of carboxylic acid groups (broad SMARTS) is 2. The number of hydrogen-bond donors (Lipinski definition) is 7. The first-order chi connectivity index (χ1) is 38.5. The van der Waals surface area contributed by atoms with Crippen LogP contribution in [-0.4, -0.2) is 147 Å². The van der Waals surface area contributed by atoms with Crippen LogP contribution in [0.15, 0.2) is 30.3 Å². The van der Waals surface area contributed by atoms with Gasteiger partial charge in [0, 0.05) is 45.3 Å². The van der Waals surface area contributed by atoms with Gasteiger partial charge in [0.25, 0.3) is 0 Å². The summed E-state index contributed by atoms with van der Waals surface area (Å²) in [6.45, 7) is 12.7. The van der Waals surface area contributed by atoms with Gasteiger partial charge in [-0.15, -0.1) is 0 Å². The molecule has 1 aromatic carbocycles. The number of carbonyl (C=O) groups excluding carboxylic acids is 5. The molecule has 7 N–H and O–H groups in total. The second-order valence-electron chi connectivity index (χ2n) is 22.2. The molecular weight excluding hydrogens is 1070 g/mol. The minimum absolute atomic E-state index is 0.0361. The zero-order chi connectivity index (χ0) is 60.1. The van der Waals surface area contributed by atoms with Gasteiger partial charge in [-0.05, 0) is 72.8 Å². The van der Waals surface area contributed by atoms with Gasteiger partial charge in [0.15, 0.2) is 0 Å². The molecule has 0 radical (unpaired) electrons. The Kier molecular flexibility index (Phi) is 41.1. The third kappa shape index (κ3) is 44.5. The van der Waals surface area contributed by atoms with Crippen LogP contribution in [-0.2, 0) is 72.7 Å². The van der Waals surface area contributed by atoms with Crippen molar-refractivity contribution in [3.05, 3.63) is 35.9 Å². The van der Waals surface area contributed by atoms with Crippen molar-refractivity contribution in [2.24, 2.45) is 0 Å². The highest BCUT2D eigenvalue weighted by molar-refractivity contribution is 7.53. The molecule has 81 heavy (non-hydrogen) atoms. The summed E-state index contributed by atoms with van der Waals surface area (Å²) in [5.74, 6) is -4.14. The van der Waals surface area contributed by atoms with E-state index in [0.29, 0.717) is 44.0 Å². The molecule has 0 aliphatic carbocycles. The Balaban J connectivity index is 2.30. The quantitative estimate of drug-likeness (QED) is 0.0182. The first kappa shape index (κ1) is 74.3. The highest BCUT2D eigenvalue weighted by atomic mass is 31.2. The Hall–Kier alpha value is -4.70. The van der Waals surface area contributed by atoms with Crippen LogP contribution in [0.5, 0.6) is 0 Å². The normalized spacial score (nSPS) is 12.5. The van der Waals surface area contributed by atoms with Crippen molar-refractivity contribution in [1.82, 2.24) is 26.6 Å². The summed E-state index contributed by atoms with van der Waals surface area (Å²) < 4.78 is 51.9. The van der Waals surface area contributed by atoms with E-state index in [1.165, 1.54) is 44.9 Å². The Bertz CT molecular complexity index is 1930. The number of hydrogen-bond acceptors (Lipinski definition) is 15. The largest absolute Gasteiger partial charge is 0.481 e. The fraction of sp³-hybridized carbons (Fsp3) is 0.776. The predicted octanol–water partition coefficient (Wildman–Crippen LogP) is 9.11.